The van der Waals surface area contributed by atoms with Crippen molar-refractivity contribution < 1.29 is 4.79 Å². The zero-order chi connectivity index (χ0) is 20.1. The van der Waals surface area contributed by atoms with Crippen molar-refractivity contribution >= 4 is 17.3 Å². The Morgan fingerprint density at radius 2 is 1.79 bits per heavy atom. The maximum atomic E-state index is 12.4. The third-order valence-electron chi connectivity index (χ3n) is 5.24. The number of pyridine rings is 2. The van der Waals surface area contributed by atoms with Crippen molar-refractivity contribution in [2.75, 3.05) is 5.32 Å². The molecule has 0 spiro atoms. The first-order valence-corrected chi connectivity index (χ1v) is 10.1. The van der Waals surface area contributed by atoms with E-state index >= 15 is 0 Å². The topological polar surface area (TPSA) is 54.9 Å². The van der Waals surface area contributed by atoms with Gasteiger partial charge < -0.3 is 5.32 Å². The maximum absolute atomic E-state index is 12.4. The summed E-state index contributed by atoms with van der Waals surface area (Å²) < 4.78 is 0. The molecule has 0 atom stereocenters. The number of amides is 1. The number of allylic oxidation sites excluding steroid dienone is 2. The van der Waals surface area contributed by atoms with Gasteiger partial charge in [-0.15, -0.1) is 0 Å². The number of rotatable bonds is 5. The monoisotopic (exact) mass is 383 g/mol. The third kappa shape index (κ3) is 4.96. The van der Waals surface area contributed by atoms with Gasteiger partial charge in [-0.25, -0.2) is 4.98 Å². The zero-order valence-electron chi connectivity index (χ0n) is 16.7. The van der Waals surface area contributed by atoms with Crippen molar-refractivity contribution in [2.45, 2.75) is 39.0 Å². The molecule has 1 aliphatic rings. The smallest absolute Gasteiger partial charge is 0.229 e. The van der Waals surface area contributed by atoms with Crippen LogP contribution in [0.3, 0.4) is 0 Å². The Labute approximate surface area is 171 Å². The molecule has 2 heterocycles. The molecule has 0 saturated heterocycles. The molecule has 2 aromatic heterocycles. The molecule has 0 fully saturated rings. The second kappa shape index (κ2) is 8.82. The van der Waals surface area contributed by atoms with E-state index < -0.39 is 0 Å². The molecule has 0 radical (unpaired) electrons. The van der Waals surface area contributed by atoms with E-state index in [1.807, 2.05) is 61.8 Å². The van der Waals surface area contributed by atoms with Gasteiger partial charge in [0.05, 0.1) is 6.42 Å². The highest BCUT2D eigenvalue weighted by molar-refractivity contribution is 5.91. The Morgan fingerprint density at radius 3 is 2.48 bits per heavy atom. The summed E-state index contributed by atoms with van der Waals surface area (Å²) in [6.07, 6.45) is 11.1. The minimum atomic E-state index is -0.0605. The fourth-order valence-corrected chi connectivity index (χ4v) is 3.67. The van der Waals surface area contributed by atoms with E-state index in [0.717, 1.165) is 40.8 Å². The summed E-state index contributed by atoms with van der Waals surface area (Å²) in [5.74, 6) is 0.536. The Kier molecular flexibility index (Phi) is 5.80. The number of benzene rings is 1. The molecular weight excluding hydrogens is 358 g/mol. The van der Waals surface area contributed by atoms with Gasteiger partial charge in [-0.05, 0) is 84.7 Å². The lowest BCUT2D eigenvalue weighted by atomic mass is 9.95. The van der Waals surface area contributed by atoms with Gasteiger partial charge in [-0.2, -0.15) is 0 Å². The zero-order valence-corrected chi connectivity index (χ0v) is 16.7. The van der Waals surface area contributed by atoms with Crippen LogP contribution in [0.2, 0.25) is 0 Å². The van der Waals surface area contributed by atoms with E-state index in [4.69, 9.17) is 0 Å². The van der Waals surface area contributed by atoms with Crippen LogP contribution in [-0.2, 0) is 11.2 Å². The van der Waals surface area contributed by atoms with Crippen LogP contribution in [0.1, 0.15) is 42.5 Å². The van der Waals surface area contributed by atoms with E-state index in [1.165, 1.54) is 18.4 Å². The fourth-order valence-electron chi connectivity index (χ4n) is 3.67. The molecule has 1 aliphatic carbocycles. The van der Waals surface area contributed by atoms with Crippen molar-refractivity contribution in [1.82, 2.24) is 9.97 Å². The number of hydrogen-bond donors (Lipinski definition) is 1. The summed E-state index contributed by atoms with van der Waals surface area (Å²) in [5, 5.41) is 2.90. The van der Waals surface area contributed by atoms with E-state index in [2.05, 4.69) is 27.4 Å². The minimum Gasteiger partial charge on any atom is -0.310 e. The average molecular weight is 383 g/mol. The number of aromatic nitrogens is 2. The molecule has 4 rings (SSSR count). The molecule has 4 nitrogen and oxygen atoms in total. The normalized spacial score (nSPS) is 13.6. The molecule has 1 aromatic carbocycles. The maximum Gasteiger partial charge on any atom is 0.229 e. The van der Waals surface area contributed by atoms with Crippen molar-refractivity contribution in [3.63, 3.8) is 0 Å². The van der Waals surface area contributed by atoms with E-state index in [9.17, 15) is 4.79 Å². The van der Waals surface area contributed by atoms with Crippen LogP contribution < -0.4 is 5.32 Å². The standard InChI is InChI=1S/C25H25N3O/c1-18-15-22(13-14-26-18)21-9-7-19(8-10-21)16-25(29)28-24-12-11-23(17-27-24)20-5-3-2-4-6-20/h5,7-15,17H,2-4,6,16H2,1H3,(H,27,28,29). The molecular formula is C25H25N3O. The number of anilines is 1. The number of nitrogens with one attached hydrogen (secondary N) is 1. The summed E-state index contributed by atoms with van der Waals surface area (Å²) in [6, 6.07) is 16.1. The van der Waals surface area contributed by atoms with Crippen LogP contribution in [0.5, 0.6) is 0 Å². The summed E-state index contributed by atoms with van der Waals surface area (Å²) in [6.45, 7) is 1.98. The Hall–Kier alpha value is -3.27. The van der Waals surface area contributed by atoms with Gasteiger partial charge in [-0.3, -0.25) is 9.78 Å². The molecule has 3 aromatic rings. The van der Waals surface area contributed by atoms with E-state index in [-0.39, 0.29) is 5.91 Å². The largest absolute Gasteiger partial charge is 0.310 e. The lowest BCUT2D eigenvalue weighted by molar-refractivity contribution is -0.115. The predicted octanol–water partition coefficient (Wildman–Crippen LogP) is 5.59. The van der Waals surface area contributed by atoms with Gasteiger partial charge >= 0.3 is 0 Å². The Bertz CT molecular complexity index is 1020. The number of hydrogen-bond acceptors (Lipinski definition) is 3. The summed E-state index contributed by atoms with van der Waals surface area (Å²) in [5.41, 5.74) is 6.74. The quantitative estimate of drug-likeness (QED) is 0.625. The molecule has 29 heavy (non-hydrogen) atoms. The second-order valence-electron chi connectivity index (χ2n) is 7.52. The average Bonchev–Trinajstić information content (AvgIpc) is 2.75. The van der Waals surface area contributed by atoms with Gasteiger partial charge in [0.15, 0.2) is 0 Å². The first-order chi connectivity index (χ1) is 14.2. The minimum absolute atomic E-state index is 0.0605. The molecule has 4 heteroatoms. The highest BCUT2D eigenvalue weighted by atomic mass is 16.1. The van der Waals surface area contributed by atoms with Crippen LogP contribution in [-0.4, -0.2) is 15.9 Å². The van der Waals surface area contributed by atoms with Crippen molar-refractivity contribution in [1.29, 1.82) is 0 Å². The van der Waals surface area contributed by atoms with Crippen molar-refractivity contribution in [3.05, 3.63) is 83.8 Å². The SMILES string of the molecule is Cc1cc(-c2ccc(CC(=O)Nc3ccc(C4=CCCCC4)cn3)cc2)ccn1. The molecule has 146 valence electrons. The van der Waals surface area contributed by atoms with Gasteiger partial charge in [0.25, 0.3) is 0 Å². The number of nitrogens with zero attached hydrogens (tertiary/aromatic N) is 2. The summed E-state index contributed by atoms with van der Waals surface area (Å²) in [7, 11) is 0. The van der Waals surface area contributed by atoms with Crippen LogP contribution in [0, 0.1) is 6.92 Å². The third-order valence-corrected chi connectivity index (χ3v) is 5.24. The summed E-state index contributed by atoms with van der Waals surface area (Å²) in [4.78, 5) is 21.0. The number of carbonyl (C=O) groups excluding carboxylic acids is 1. The second-order valence-corrected chi connectivity index (χ2v) is 7.52. The molecule has 0 bridgehead atoms. The first-order valence-electron chi connectivity index (χ1n) is 10.1. The van der Waals surface area contributed by atoms with Gasteiger partial charge in [0.2, 0.25) is 5.91 Å². The van der Waals surface area contributed by atoms with Crippen LogP contribution in [0.15, 0.2) is 67.0 Å². The predicted molar refractivity (Wildman–Crippen MR) is 117 cm³/mol. The molecule has 0 unspecified atom stereocenters. The Morgan fingerprint density at radius 1 is 0.966 bits per heavy atom. The lowest BCUT2D eigenvalue weighted by Crippen LogP contribution is -2.15. The lowest BCUT2D eigenvalue weighted by Gasteiger charge is -2.13. The van der Waals surface area contributed by atoms with Gasteiger partial charge in [0.1, 0.15) is 5.82 Å². The van der Waals surface area contributed by atoms with Gasteiger partial charge in [0, 0.05) is 18.1 Å². The number of carbonyl (C=O) groups is 1. The van der Waals surface area contributed by atoms with Crippen LogP contribution in [0.4, 0.5) is 5.82 Å². The number of aryl methyl sites for hydroxylation is 1. The first kappa shape index (κ1) is 19.1. The summed E-state index contributed by atoms with van der Waals surface area (Å²) >= 11 is 0. The van der Waals surface area contributed by atoms with Crippen molar-refractivity contribution in [3.8, 4) is 11.1 Å². The highest BCUT2D eigenvalue weighted by Crippen LogP contribution is 2.26. The Balaban J connectivity index is 1.36. The van der Waals surface area contributed by atoms with Crippen LogP contribution in [0.25, 0.3) is 16.7 Å². The van der Waals surface area contributed by atoms with Gasteiger partial charge in [-0.1, -0.05) is 30.3 Å². The van der Waals surface area contributed by atoms with E-state index in [0.29, 0.717) is 12.2 Å². The fraction of sp³-hybridized carbons (Fsp3) is 0.240. The molecule has 0 aliphatic heterocycles. The van der Waals surface area contributed by atoms with Crippen LogP contribution >= 0.6 is 0 Å². The molecule has 0 saturated carbocycles. The van der Waals surface area contributed by atoms with E-state index in [1.54, 1.807) is 0 Å². The highest BCUT2D eigenvalue weighted by Gasteiger charge is 2.09. The molecule has 1 N–H and O–H groups in total. The van der Waals surface area contributed by atoms with Crippen molar-refractivity contribution in [2.24, 2.45) is 0 Å². The molecule has 1 amide bonds.